The molecule has 0 aromatic carbocycles. The highest BCUT2D eigenvalue weighted by molar-refractivity contribution is 5.73. The molecule has 0 bridgehead atoms. The molecule has 3 saturated heterocycles. The summed E-state index contributed by atoms with van der Waals surface area (Å²) in [6.45, 7) is 0.480. The maximum Gasteiger partial charge on any atom is 0.217 e. The van der Waals surface area contributed by atoms with E-state index in [0.29, 0.717) is 0 Å². The molecule has 3 fully saturated rings. The molecule has 10 N–H and O–H groups in total. The average molecular weight is 544 g/mol. The van der Waals surface area contributed by atoms with Crippen molar-refractivity contribution in [3.63, 3.8) is 0 Å². The van der Waals surface area contributed by atoms with Gasteiger partial charge < -0.3 is 75.0 Å². The molecule has 16 heteroatoms. The van der Waals surface area contributed by atoms with E-state index in [9.17, 15) is 50.8 Å². The maximum atomic E-state index is 11.7. The Labute approximate surface area is 211 Å². The number of rotatable bonds is 8. The van der Waals surface area contributed by atoms with E-state index in [1.165, 1.54) is 6.92 Å². The van der Waals surface area contributed by atoms with Gasteiger partial charge in [0.05, 0.1) is 25.9 Å². The number of aliphatic hydroxyl groups is 9. The first-order valence-electron chi connectivity index (χ1n) is 11.9. The second kappa shape index (κ2) is 12.8. The van der Waals surface area contributed by atoms with Crippen molar-refractivity contribution < 1.29 is 74.4 Å². The van der Waals surface area contributed by atoms with E-state index in [0.717, 1.165) is 6.92 Å². The summed E-state index contributed by atoms with van der Waals surface area (Å²) in [4.78, 5) is 11.7. The number of hydrogen-bond acceptors (Lipinski definition) is 15. The quantitative estimate of drug-likeness (QED) is 0.137. The van der Waals surface area contributed by atoms with Gasteiger partial charge in [0, 0.05) is 6.92 Å². The van der Waals surface area contributed by atoms with Gasteiger partial charge in [-0.25, -0.2) is 0 Å². The second-order valence-corrected chi connectivity index (χ2v) is 9.38. The first kappa shape index (κ1) is 30.5. The van der Waals surface area contributed by atoms with E-state index >= 15 is 0 Å². The normalized spacial score (nSPS) is 49.0. The Morgan fingerprint density at radius 1 is 0.676 bits per heavy atom. The Balaban J connectivity index is 1.90. The predicted molar refractivity (Wildman–Crippen MR) is 116 cm³/mol. The zero-order chi connectivity index (χ0) is 27.6. The lowest BCUT2D eigenvalue weighted by Gasteiger charge is -2.49. The summed E-state index contributed by atoms with van der Waals surface area (Å²) < 4.78 is 27.9. The van der Waals surface area contributed by atoms with Gasteiger partial charge in [-0.2, -0.15) is 0 Å². The molecule has 0 aliphatic carbocycles. The predicted octanol–water partition coefficient (Wildman–Crippen LogP) is -6.36. The third kappa shape index (κ3) is 6.39. The zero-order valence-corrected chi connectivity index (χ0v) is 20.3. The van der Waals surface area contributed by atoms with Crippen LogP contribution in [0.2, 0.25) is 0 Å². The van der Waals surface area contributed by atoms with Crippen LogP contribution in [0, 0.1) is 0 Å². The van der Waals surface area contributed by atoms with E-state index in [2.05, 4.69) is 5.32 Å². The van der Waals surface area contributed by atoms with Crippen LogP contribution in [-0.4, -0.2) is 164 Å². The molecule has 3 aliphatic rings. The van der Waals surface area contributed by atoms with Crippen LogP contribution < -0.4 is 5.32 Å². The number of nitrogens with one attached hydrogen (secondary N) is 1. The molecule has 3 rings (SSSR count). The molecule has 216 valence electrons. The Hall–Kier alpha value is -1.09. The molecule has 15 unspecified atom stereocenters. The van der Waals surface area contributed by atoms with E-state index in [1.54, 1.807) is 0 Å². The number of ether oxygens (including phenoxy) is 5. The molecule has 3 aliphatic heterocycles. The summed E-state index contributed by atoms with van der Waals surface area (Å²) >= 11 is 0. The molecule has 0 saturated carbocycles. The van der Waals surface area contributed by atoms with Crippen molar-refractivity contribution >= 4 is 5.91 Å². The molecule has 37 heavy (non-hydrogen) atoms. The van der Waals surface area contributed by atoms with Gasteiger partial charge in [-0.15, -0.1) is 0 Å². The van der Waals surface area contributed by atoms with Crippen molar-refractivity contribution in [2.45, 2.75) is 106 Å². The van der Waals surface area contributed by atoms with E-state index in [-0.39, 0.29) is 0 Å². The van der Waals surface area contributed by atoms with Gasteiger partial charge >= 0.3 is 0 Å². The molecule has 1 amide bonds. The SMILES string of the molecule is CC(=O)NC1C(OC2C(OC3C(O)C(C)OC(CO)C3O)OC(CO)C(O)C2O)OC(CO)C(O)C1O. The molecule has 0 radical (unpaired) electrons. The lowest BCUT2D eigenvalue weighted by atomic mass is 9.94. The van der Waals surface area contributed by atoms with Crippen LogP contribution in [0.3, 0.4) is 0 Å². The first-order chi connectivity index (χ1) is 17.4. The minimum atomic E-state index is -1.82. The van der Waals surface area contributed by atoms with Crippen LogP contribution in [0.4, 0.5) is 0 Å². The monoisotopic (exact) mass is 543 g/mol. The standard InChI is InChI=1S/C21H37NO15/c1-6-12(27)18(15(30)10(5-25)33-6)36-21-19(17(32)14(29)9(4-24)35-21)37-20-11(22-7(2)26)16(31)13(28)8(3-23)34-20/h6,8-21,23-25,27-32H,3-5H2,1-2H3,(H,22,26). The number of amides is 1. The molecule has 0 aromatic heterocycles. The summed E-state index contributed by atoms with van der Waals surface area (Å²) in [7, 11) is 0. The Bertz CT molecular complexity index is 747. The average Bonchev–Trinajstić information content (AvgIpc) is 2.86. The molecule has 15 atom stereocenters. The van der Waals surface area contributed by atoms with Crippen molar-refractivity contribution in [2.75, 3.05) is 19.8 Å². The van der Waals surface area contributed by atoms with Gasteiger partial charge in [0.1, 0.15) is 73.2 Å². The highest BCUT2D eigenvalue weighted by Gasteiger charge is 2.53. The van der Waals surface area contributed by atoms with Gasteiger partial charge in [-0.05, 0) is 6.92 Å². The highest BCUT2D eigenvalue weighted by atomic mass is 16.8. The lowest BCUT2D eigenvalue weighted by Crippen LogP contribution is -2.68. The fraction of sp³-hybridized carbons (Fsp3) is 0.952. The number of carbonyl (C=O) groups is 1. The van der Waals surface area contributed by atoms with Crippen LogP contribution in [0.25, 0.3) is 0 Å². The Kier molecular flexibility index (Phi) is 10.6. The van der Waals surface area contributed by atoms with Crippen molar-refractivity contribution in [3.05, 3.63) is 0 Å². The van der Waals surface area contributed by atoms with Crippen LogP contribution in [0.15, 0.2) is 0 Å². The van der Waals surface area contributed by atoms with E-state index in [1.807, 2.05) is 0 Å². The van der Waals surface area contributed by atoms with E-state index < -0.39 is 118 Å². The summed E-state index contributed by atoms with van der Waals surface area (Å²) in [5.74, 6) is -0.637. The third-order valence-corrected chi connectivity index (χ3v) is 6.76. The van der Waals surface area contributed by atoms with E-state index in [4.69, 9.17) is 23.7 Å². The molecular weight excluding hydrogens is 506 g/mol. The largest absolute Gasteiger partial charge is 0.394 e. The molecular formula is C21H37NO15. The van der Waals surface area contributed by atoms with Crippen molar-refractivity contribution in [3.8, 4) is 0 Å². The number of carbonyl (C=O) groups excluding carboxylic acids is 1. The van der Waals surface area contributed by atoms with Gasteiger partial charge in [0.2, 0.25) is 5.91 Å². The van der Waals surface area contributed by atoms with Crippen molar-refractivity contribution in [1.82, 2.24) is 5.32 Å². The maximum absolute atomic E-state index is 11.7. The topological polar surface area (TPSA) is 257 Å². The molecule has 0 aromatic rings. The van der Waals surface area contributed by atoms with Gasteiger partial charge in [0.25, 0.3) is 0 Å². The van der Waals surface area contributed by atoms with Gasteiger partial charge in [-0.3, -0.25) is 4.79 Å². The van der Waals surface area contributed by atoms with Gasteiger partial charge in [0.15, 0.2) is 12.6 Å². The zero-order valence-electron chi connectivity index (χ0n) is 20.3. The lowest BCUT2D eigenvalue weighted by molar-refractivity contribution is -0.374. The minimum absolute atomic E-state index is 0.610. The fourth-order valence-electron chi connectivity index (χ4n) is 4.64. The number of hydrogen-bond donors (Lipinski definition) is 10. The first-order valence-corrected chi connectivity index (χ1v) is 11.9. The summed E-state index contributed by atoms with van der Waals surface area (Å²) in [6.07, 6.45) is -21.0. The molecule has 0 spiro atoms. The Morgan fingerprint density at radius 2 is 1.16 bits per heavy atom. The summed E-state index contributed by atoms with van der Waals surface area (Å²) in [5.41, 5.74) is 0. The molecule has 3 heterocycles. The summed E-state index contributed by atoms with van der Waals surface area (Å²) in [5, 5.41) is 94.1. The smallest absolute Gasteiger partial charge is 0.217 e. The minimum Gasteiger partial charge on any atom is -0.394 e. The van der Waals surface area contributed by atoms with Gasteiger partial charge in [-0.1, -0.05) is 0 Å². The van der Waals surface area contributed by atoms with Crippen LogP contribution >= 0.6 is 0 Å². The van der Waals surface area contributed by atoms with Crippen LogP contribution in [-0.2, 0) is 28.5 Å². The fourth-order valence-corrected chi connectivity index (χ4v) is 4.64. The molecule has 16 nitrogen and oxygen atoms in total. The van der Waals surface area contributed by atoms with Crippen molar-refractivity contribution in [2.24, 2.45) is 0 Å². The summed E-state index contributed by atoms with van der Waals surface area (Å²) in [6, 6.07) is -1.41. The Morgan fingerprint density at radius 3 is 1.70 bits per heavy atom. The second-order valence-electron chi connectivity index (χ2n) is 9.38. The number of aliphatic hydroxyl groups excluding tert-OH is 9. The van der Waals surface area contributed by atoms with Crippen LogP contribution in [0.1, 0.15) is 13.8 Å². The van der Waals surface area contributed by atoms with Crippen LogP contribution in [0.5, 0.6) is 0 Å². The third-order valence-electron chi connectivity index (χ3n) is 6.76. The van der Waals surface area contributed by atoms with Crippen molar-refractivity contribution in [1.29, 1.82) is 0 Å². The highest BCUT2D eigenvalue weighted by Crippen LogP contribution is 2.32.